The molecular weight excluding hydrogens is 460 g/mol. The second-order valence-corrected chi connectivity index (χ2v) is 9.34. The predicted molar refractivity (Wildman–Crippen MR) is 132 cm³/mol. The fourth-order valence-corrected chi connectivity index (χ4v) is 4.61. The van der Waals surface area contributed by atoms with Crippen molar-refractivity contribution in [1.29, 1.82) is 0 Å². The zero-order valence-electron chi connectivity index (χ0n) is 18.7. The second kappa shape index (κ2) is 11.0. The van der Waals surface area contributed by atoms with E-state index in [0.29, 0.717) is 51.5 Å². The van der Waals surface area contributed by atoms with Gasteiger partial charge >= 0.3 is 0 Å². The van der Waals surface area contributed by atoms with E-state index in [0.717, 1.165) is 37.2 Å². The van der Waals surface area contributed by atoms with Crippen LogP contribution in [0.5, 0.6) is 0 Å². The summed E-state index contributed by atoms with van der Waals surface area (Å²) in [7, 11) is 0. The SMILES string of the molecule is Cc1nc(CCOC2CCNCC2)cc(Nc2ncc(C(=O)Nc3c(C)cccc3Cl)s2)n1. The number of aryl methyl sites for hydroxylation is 2. The minimum absolute atomic E-state index is 0.258. The number of nitrogens with zero attached hydrogens (tertiary/aromatic N) is 3. The van der Waals surface area contributed by atoms with Gasteiger partial charge in [0.25, 0.3) is 5.91 Å². The molecule has 0 radical (unpaired) electrons. The van der Waals surface area contributed by atoms with Crippen LogP contribution in [-0.4, -0.2) is 46.7 Å². The van der Waals surface area contributed by atoms with E-state index < -0.39 is 0 Å². The van der Waals surface area contributed by atoms with E-state index in [-0.39, 0.29) is 5.91 Å². The van der Waals surface area contributed by atoms with Gasteiger partial charge in [0, 0.05) is 18.2 Å². The van der Waals surface area contributed by atoms with Crippen molar-refractivity contribution in [3.63, 3.8) is 0 Å². The molecule has 4 rings (SSSR count). The summed E-state index contributed by atoms with van der Waals surface area (Å²) in [5.74, 6) is 1.05. The highest BCUT2D eigenvalue weighted by molar-refractivity contribution is 7.17. The molecule has 0 aliphatic carbocycles. The maximum atomic E-state index is 12.7. The van der Waals surface area contributed by atoms with Gasteiger partial charge in [0.15, 0.2) is 5.13 Å². The van der Waals surface area contributed by atoms with E-state index in [9.17, 15) is 4.79 Å². The van der Waals surface area contributed by atoms with Crippen molar-refractivity contribution in [2.24, 2.45) is 0 Å². The van der Waals surface area contributed by atoms with Crippen LogP contribution < -0.4 is 16.0 Å². The molecule has 3 heterocycles. The van der Waals surface area contributed by atoms with Crippen LogP contribution in [0.25, 0.3) is 0 Å². The van der Waals surface area contributed by atoms with Gasteiger partial charge in [0.05, 0.1) is 29.6 Å². The number of benzene rings is 1. The number of piperidine rings is 1. The highest BCUT2D eigenvalue weighted by Gasteiger charge is 2.15. The lowest BCUT2D eigenvalue weighted by Crippen LogP contribution is -2.32. The largest absolute Gasteiger partial charge is 0.378 e. The lowest BCUT2D eigenvalue weighted by molar-refractivity contribution is 0.0345. The van der Waals surface area contributed by atoms with Crippen molar-refractivity contribution in [3.8, 4) is 0 Å². The predicted octanol–water partition coefficient (Wildman–Crippen LogP) is 4.51. The van der Waals surface area contributed by atoms with Crippen molar-refractivity contribution in [3.05, 3.63) is 57.4 Å². The molecule has 0 bridgehead atoms. The molecule has 1 fully saturated rings. The van der Waals surface area contributed by atoms with Crippen LogP contribution in [0.2, 0.25) is 5.02 Å². The van der Waals surface area contributed by atoms with Gasteiger partial charge in [-0.3, -0.25) is 4.79 Å². The van der Waals surface area contributed by atoms with E-state index in [4.69, 9.17) is 16.3 Å². The summed E-state index contributed by atoms with van der Waals surface area (Å²) in [6, 6.07) is 7.39. The summed E-state index contributed by atoms with van der Waals surface area (Å²) >= 11 is 7.47. The number of aromatic nitrogens is 3. The fraction of sp³-hybridized carbons (Fsp3) is 0.391. The average molecular weight is 487 g/mol. The summed E-state index contributed by atoms with van der Waals surface area (Å²) in [6.07, 6.45) is 4.67. The summed E-state index contributed by atoms with van der Waals surface area (Å²) in [5.41, 5.74) is 2.41. The number of rotatable bonds is 8. The Balaban J connectivity index is 1.36. The van der Waals surface area contributed by atoms with Gasteiger partial charge in [0.1, 0.15) is 16.5 Å². The quantitative estimate of drug-likeness (QED) is 0.430. The Kier molecular flexibility index (Phi) is 7.87. The lowest BCUT2D eigenvalue weighted by atomic mass is 10.1. The third-order valence-corrected chi connectivity index (χ3v) is 6.54. The molecule has 10 heteroatoms. The van der Waals surface area contributed by atoms with Crippen LogP contribution in [0.3, 0.4) is 0 Å². The Bertz CT molecular complexity index is 1100. The van der Waals surface area contributed by atoms with Gasteiger partial charge in [-0.05, 0) is 51.4 Å². The van der Waals surface area contributed by atoms with Crippen molar-refractivity contribution in [2.75, 3.05) is 30.3 Å². The van der Waals surface area contributed by atoms with Crippen molar-refractivity contribution < 1.29 is 9.53 Å². The summed E-state index contributed by atoms with van der Waals surface area (Å²) in [4.78, 5) is 26.4. The molecule has 1 aliphatic rings. The Labute approximate surface area is 202 Å². The van der Waals surface area contributed by atoms with Gasteiger partial charge in [-0.1, -0.05) is 35.1 Å². The molecule has 3 N–H and O–H groups in total. The molecule has 8 nitrogen and oxygen atoms in total. The van der Waals surface area contributed by atoms with E-state index in [1.165, 1.54) is 17.5 Å². The monoisotopic (exact) mass is 486 g/mol. The Hall–Kier alpha value is -2.59. The molecule has 0 spiro atoms. The third-order valence-electron chi connectivity index (χ3n) is 5.31. The number of carbonyl (C=O) groups excluding carboxylic acids is 1. The first-order chi connectivity index (χ1) is 16.0. The minimum Gasteiger partial charge on any atom is -0.378 e. The molecule has 2 aromatic heterocycles. The first kappa shape index (κ1) is 23.6. The van der Waals surface area contributed by atoms with Crippen LogP contribution >= 0.6 is 22.9 Å². The molecule has 1 saturated heterocycles. The zero-order valence-corrected chi connectivity index (χ0v) is 20.2. The molecule has 0 saturated carbocycles. The van der Waals surface area contributed by atoms with Crippen molar-refractivity contribution >= 4 is 45.5 Å². The van der Waals surface area contributed by atoms with Crippen LogP contribution in [0.4, 0.5) is 16.6 Å². The summed E-state index contributed by atoms with van der Waals surface area (Å²) in [5, 5.41) is 10.5. The first-order valence-electron chi connectivity index (χ1n) is 10.9. The molecule has 33 heavy (non-hydrogen) atoms. The van der Waals surface area contributed by atoms with Crippen LogP contribution in [0.1, 0.15) is 39.6 Å². The van der Waals surface area contributed by atoms with Gasteiger partial charge < -0.3 is 20.7 Å². The van der Waals surface area contributed by atoms with Crippen LogP contribution in [0, 0.1) is 13.8 Å². The minimum atomic E-state index is -0.258. The summed E-state index contributed by atoms with van der Waals surface area (Å²) < 4.78 is 6.00. The van der Waals surface area contributed by atoms with Crippen molar-refractivity contribution in [1.82, 2.24) is 20.3 Å². The first-order valence-corrected chi connectivity index (χ1v) is 12.1. The van der Waals surface area contributed by atoms with E-state index in [2.05, 4.69) is 30.9 Å². The van der Waals surface area contributed by atoms with Gasteiger partial charge in [0.2, 0.25) is 0 Å². The number of anilines is 3. The van der Waals surface area contributed by atoms with E-state index in [1.54, 1.807) is 6.07 Å². The number of halogens is 1. The molecule has 174 valence electrons. The fourth-order valence-electron chi connectivity index (χ4n) is 3.63. The number of para-hydroxylation sites is 1. The smallest absolute Gasteiger partial charge is 0.267 e. The summed E-state index contributed by atoms with van der Waals surface area (Å²) in [6.45, 7) is 6.40. The molecule has 1 amide bonds. The number of thiazole rings is 1. The van der Waals surface area contributed by atoms with E-state index in [1.807, 2.05) is 32.0 Å². The van der Waals surface area contributed by atoms with Crippen LogP contribution in [-0.2, 0) is 11.2 Å². The Morgan fingerprint density at radius 2 is 2.09 bits per heavy atom. The average Bonchev–Trinajstić information content (AvgIpc) is 3.25. The van der Waals surface area contributed by atoms with Gasteiger partial charge in [-0.2, -0.15) is 0 Å². The molecule has 1 aromatic carbocycles. The highest BCUT2D eigenvalue weighted by Crippen LogP contribution is 2.28. The number of hydrogen-bond acceptors (Lipinski definition) is 8. The molecule has 1 aliphatic heterocycles. The van der Waals surface area contributed by atoms with Crippen LogP contribution in [0.15, 0.2) is 30.5 Å². The maximum absolute atomic E-state index is 12.7. The zero-order chi connectivity index (χ0) is 23.2. The Morgan fingerprint density at radius 3 is 2.88 bits per heavy atom. The topological polar surface area (TPSA) is 101 Å². The number of hydrogen-bond donors (Lipinski definition) is 3. The van der Waals surface area contributed by atoms with Gasteiger partial charge in [-0.25, -0.2) is 15.0 Å². The standard InChI is InChI=1S/C23H27ClN6O2S/c1-14-4-3-5-18(24)21(14)30-22(31)19-13-26-23(33-19)29-20-12-16(27-15(2)28-20)8-11-32-17-6-9-25-10-7-17/h3-5,12-13,17,25H,6-11H2,1-2H3,(H,30,31)(H,26,27,28,29). The highest BCUT2D eigenvalue weighted by atomic mass is 35.5. The number of ether oxygens (including phenoxy) is 1. The third kappa shape index (κ3) is 6.48. The number of amides is 1. The maximum Gasteiger partial charge on any atom is 0.267 e. The molecular formula is C23H27ClN6O2S. The van der Waals surface area contributed by atoms with E-state index >= 15 is 0 Å². The molecule has 3 aromatic rings. The molecule has 0 atom stereocenters. The van der Waals surface area contributed by atoms with Gasteiger partial charge in [-0.15, -0.1) is 0 Å². The van der Waals surface area contributed by atoms with Crippen molar-refractivity contribution in [2.45, 2.75) is 39.2 Å². The normalized spacial score (nSPS) is 14.3. The molecule has 0 unspecified atom stereocenters. The number of carbonyl (C=O) groups is 1. The lowest BCUT2D eigenvalue weighted by Gasteiger charge is -2.22. The number of nitrogens with one attached hydrogen (secondary N) is 3. The second-order valence-electron chi connectivity index (χ2n) is 7.90. The Morgan fingerprint density at radius 1 is 1.27 bits per heavy atom.